The zero-order valence-corrected chi connectivity index (χ0v) is 12.1. The largest absolute Gasteiger partial charge is 0.748 e. The third-order valence-electron chi connectivity index (χ3n) is 2.07. The monoisotopic (exact) mass is 272 g/mol. The number of hydrogen-bond donors (Lipinski definition) is 0. The minimum atomic E-state index is 0. The van der Waals surface area contributed by atoms with Crippen LogP contribution in [-0.4, -0.2) is 0 Å². The van der Waals surface area contributed by atoms with Crippen LogP contribution in [-0.2, 0) is 17.1 Å². The third-order valence-corrected chi connectivity index (χ3v) is 2.07. The molecule has 0 fully saturated rings. The molecule has 0 aromatic heterocycles. The summed E-state index contributed by atoms with van der Waals surface area (Å²) in [5, 5.41) is 0. The van der Waals surface area contributed by atoms with Gasteiger partial charge in [-0.3, -0.25) is 0 Å². The van der Waals surface area contributed by atoms with Crippen molar-refractivity contribution < 1.29 is 17.1 Å². The molecule has 0 bridgehead atoms. The molecule has 1 heteroatoms. The van der Waals surface area contributed by atoms with Crippen LogP contribution in [0.4, 0.5) is 0 Å². The second-order valence-electron chi connectivity index (χ2n) is 3.63. The van der Waals surface area contributed by atoms with Gasteiger partial charge in [-0.15, -0.1) is 0 Å². The van der Waals surface area contributed by atoms with E-state index in [9.17, 15) is 0 Å². The summed E-state index contributed by atoms with van der Waals surface area (Å²) in [6.45, 7) is 4.46. The first kappa shape index (κ1) is 18.6. The first-order valence-electron chi connectivity index (χ1n) is 6.25. The minimum absolute atomic E-state index is 0. The third kappa shape index (κ3) is 17.8. The molecule has 2 aromatic carbocycles. The molecule has 0 nitrogen and oxygen atoms in total. The Bertz CT molecular complexity index is 191. The Morgan fingerprint density at radius 3 is 1.24 bits per heavy atom. The van der Waals surface area contributed by atoms with Crippen molar-refractivity contribution in [3.8, 4) is 0 Å². The summed E-state index contributed by atoms with van der Waals surface area (Å²) in [6.07, 6.45) is 5.54. The maximum Gasteiger partial charge on any atom is 0 e. The predicted molar refractivity (Wildman–Crippen MR) is 73.9 cm³/mol. The van der Waals surface area contributed by atoms with Crippen LogP contribution in [0.3, 0.4) is 0 Å². The summed E-state index contributed by atoms with van der Waals surface area (Å²) in [6, 6.07) is 20.0. The van der Waals surface area contributed by atoms with Crippen LogP contribution in [0.5, 0.6) is 0 Å². The maximum atomic E-state index is 2.23. The summed E-state index contributed by atoms with van der Waals surface area (Å²) in [4.78, 5) is 0. The Hall–Kier alpha value is -0.781. The van der Waals surface area contributed by atoms with Crippen molar-refractivity contribution in [1.82, 2.24) is 0 Å². The molecule has 0 aliphatic carbocycles. The summed E-state index contributed by atoms with van der Waals surface area (Å²) in [7, 11) is 0. The van der Waals surface area contributed by atoms with Crippen LogP contribution in [0.25, 0.3) is 0 Å². The second kappa shape index (κ2) is 17.6. The second-order valence-corrected chi connectivity index (χ2v) is 3.63. The molecule has 0 saturated carbocycles. The maximum absolute atomic E-state index is 2.23. The zero-order chi connectivity index (χ0) is 11.9. The van der Waals surface area contributed by atoms with Crippen LogP contribution in [0, 0.1) is 0 Å². The van der Waals surface area contributed by atoms with Gasteiger partial charge >= 0.3 is 0 Å². The topological polar surface area (TPSA) is 0 Å². The van der Waals surface area contributed by atoms with E-state index in [2.05, 4.69) is 13.8 Å². The van der Waals surface area contributed by atoms with E-state index in [1.165, 1.54) is 25.7 Å². The van der Waals surface area contributed by atoms with Gasteiger partial charge in [-0.05, 0) is 0 Å². The zero-order valence-electron chi connectivity index (χ0n) is 11.0. The van der Waals surface area contributed by atoms with Crippen LogP contribution < -0.4 is 0 Å². The summed E-state index contributed by atoms with van der Waals surface area (Å²) in [5.41, 5.74) is 0. The molecule has 0 heterocycles. The predicted octanol–water partition coefficient (Wildman–Crippen LogP) is 5.40. The van der Waals surface area contributed by atoms with Gasteiger partial charge < -0.3 is 30.3 Å². The van der Waals surface area contributed by atoms with Gasteiger partial charge in [0.15, 0.2) is 0 Å². The molecule has 2 aromatic rings. The van der Waals surface area contributed by atoms with Gasteiger partial charge in [-0.25, -0.2) is 12.1 Å². The van der Waals surface area contributed by atoms with E-state index in [1.54, 1.807) is 0 Å². The van der Waals surface area contributed by atoms with Gasteiger partial charge in [0.05, 0.1) is 0 Å². The molecule has 0 N–H and O–H groups in total. The van der Waals surface area contributed by atoms with Crippen molar-refractivity contribution in [2.75, 3.05) is 0 Å². The van der Waals surface area contributed by atoms with Gasteiger partial charge in [0, 0.05) is 17.1 Å². The minimum Gasteiger partial charge on any atom is -0.748 e. The van der Waals surface area contributed by atoms with Crippen LogP contribution in [0.2, 0.25) is 0 Å². The van der Waals surface area contributed by atoms with Crippen molar-refractivity contribution in [2.24, 2.45) is 0 Å². The van der Waals surface area contributed by atoms with Crippen molar-refractivity contribution >= 4 is 0 Å². The number of unbranched alkanes of at least 4 members (excludes halogenated alkanes) is 3. The first-order valence-corrected chi connectivity index (χ1v) is 6.25. The molecule has 0 aliphatic heterocycles. The smallest absolute Gasteiger partial charge is 0 e. The molecule has 2 rings (SSSR count). The number of hydrogen-bond acceptors (Lipinski definition) is 0. The quantitative estimate of drug-likeness (QED) is 0.399. The van der Waals surface area contributed by atoms with Crippen LogP contribution >= 0.6 is 0 Å². The summed E-state index contributed by atoms with van der Waals surface area (Å²) >= 11 is 0. The Labute approximate surface area is 117 Å². The van der Waals surface area contributed by atoms with Gasteiger partial charge in [0.2, 0.25) is 0 Å². The Kier molecular flexibility index (Phi) is 19.2. The Morgan fingerprint density at radius 2 is 1.06 bits per heavy atom. The van der Waals surface area contributed by atoms with Crippen molar-refractivity contribution in [3.05, 3.63) is 60.7 Å². The van der Waals surface area contributed by atoms with E-state index in [1.807, 2.05) is 60.7 Å². The average Bonchev–Trinajstić information content (AvgIpc) is 3.00. The Morgan fingerprint density at radius 1 is 0.706 bits per heavy atom. The summed E-state index contributed by atoms with van der Waals surface area (Å²) < 4.78 is 0. The molecule has 0 amide bonds. The van der Waals surface area contributed by atoms with E-state index < -0.39 is 0 Å². The standard InChI is InChI=1S/C6H14.2C5H5.Fe/c1-3-5-6-4-2;2*1-2-4-5-3-1;/h3-6H2,1-2H3;2*1-5H;/q;-5;-1;. The molecule has 0 saturated heterocycles. The molecule has 0 spiro atoms. The normalized spacial score (nSPS) is 7.88. The van der Waals surface area contributed by atoms with E-state index in [0.717, 1.165) is 0 Å². The van der Waals surface area contributed by atoms with Gasteiger partial charge in [0.25, 0.3) is 0 Å². The fourth-order valence-corrected chi connectivity index (χ4v) is 1.14. The van der Waals surface area contributed by atoms with Gasteiger partial charge in [-0.1, -0.05) is 39.5 Å². The summed E-state index contributed by atoms with van der Waals surface area (Å²) in [5.74, 6) is 0. The van der Waals surface area contributed by atoms with Gasteiger partial charge in [-0.2, -0.15) is 18.2 Å². The fourth-order valence-electron chi connectivity index (χ4n) is 1.14. The van der Waals surface area contributed by atoms with Crippen molar-refractivity contribution in [2.45, 2.75) is 39.5 Å². The fraction of sp³-hybridized carbons (Fsp3) is 0.375. The van der Waals surface area contributed by atoms with E-state index in [-0.39, 0.29) is 17.1 Å². The molecule has 0 radical (unpaired) electrons. The van der Waals surface area contributed by atoms with E-state index in [0.29, 0.717) is 0 Å². The molecule has 0 unspecified atom stereocenters. The molecular formula is C16H24Fe-6. The molecular weight excluding hydrogens is 248 g/mol. The van der Waals surface area contributed by atoms with E-state index >= 15 is 0 Å². The molecule has 0 atom stereocenters. The van der Waals surface area contributed by atoms with Crippen LogP contribution in [0.1, 0.15) is 39.5 Å². The van der Waals surface area contributed by atoms with Gasteiger partial charge in [0.1, 0.15) is 0 Å². The molecule has 102 valence electrons. The SMILES string of the molecule is CCCCCC.[Fe].[cH-]1[cH-][cH-][cH-][cH-]1.c1cc[cH-]c1. The molecule has 0 aliphatic rings. The molecule has 17 heavy (non-hydrogen) atoms. The van der Waals surface area contributed by atoms with Crippen molar-refractivity contribution in [3.63, 3.8) is 0 Å². The average molecular weight is 272 g/mol. The van der Waals surface area contributed by atoms with E-state index in [4.69, 9.17) is 0 Å². The van der Waals surface area contributed by atoms with Crippen LogP contribution in [0.15, 0.2) is 60.7 Å². The Balaban J connectivity index is 0. The number of rotatable bonds is 3. The first-order chi connectivity index (χ1) is 7.91. The van der Waals surface area contributed by atoms with Crippen molar-refractivity contribution in [1.29, 1.82) is 0 Å².